The van der Waals surface area contributed by atoms with Crippen LogP contribution in [0.2, 0.25) is 0 Å². The number of aromatic nitrogens is 1. The summed E-state index contributed by atoms with van der Waals surface area (Å²) in [4.78, 5) is 29.5. The van der Waals surface area contributed by atoms with Crippen molar-refractivity contribution in [2.45, 2.75) is 25.8 Å². The molecule has 1 aliphatic heterocycles. The highest BCUT2D eigenvalue weighted by atomic mass is 16.5. The predicted molar refractivity (Wildman–Crippen MR) is 98.0 cm³/mol. The number of benzene rings is 1. The number of nitrogens with one attached hydrogen (secondary N) is 1. The van der Waals surface area contributed by atoms with Gasteiger partial charge < -0.3 is 24.1 Å². The SMILES string of the molecule is COc1cc2cc(CCC(=O)N3CCOCC3C)c(=O)[nH]c2cc1OC. The number of aryl methyl sites for hydroxylation is 1. The van der Waals surface area contributed by atoms with E-state index < -0.39 is 0 Å². The Hall–Kier alpha value is -2.54. The van der Waals surface area contributed by atoms with Gasteiger partial charge in [-0.3, -0.25) is 9.59 Å². The van der Waals surface area contributed by atoms with Crippen molar-refractivity contribution in [3.8, 4) is 11.5 Å². The monoisotopic (exact) mass is 360 g/mol. The molecular weight excluding hydrogens is 336 g/mol. The van der Waals surface area contributed by atoms with Gasteiger partial charge in [-0.15, -0.1) is 0 Å². The highest BCUT2D eigenvalue weighted by Gasteiger charge is 2.23. The summed E-state index contributed by atoms with van der Waals surface area (Å²) in [6, 6.07) is 5.44. The summed E-state index contributed by atoms with van der Waals surface area (Å²) in [5.41, 5.74) is 1.07. The van der Waals surface area contributed by atoms with E-state index in [0.29, 0.717) is 55.2 Å². The largest absolute Gasteiger partial charge is 0.493 e. The third kappa shape index (κ3) is 3.67. The maximum Gasteiger partial charge on any atom is 0.251 e. The first-order valence-corrected chi connectivity index (χ1v) is 8.68. The van der Waals surface area contributed by atoms with Crippen molar-refractivity contribution in [1.29, 1.82) is 0 Å². The molecule has 1 aromatic carbocycles. The van der Waals surface area contributed by atoms with Crippen molar-refractivity contribution in [3.05, 3.63) is 34.1 Å². The normalized spacial score (nSPS) is 17.3. The fourth-order valence-corrected chi connectivity index (χ4v) is 3.25. The fraction of sp³-hybridized carbons (Fsp3) is 0.474. The highest BCUT2D eigenvalue weighted by molar-refractivity contribution is 5.83. The Morgan fingerprint density at radius 3 is 2.69 bits per heavy atom. The zero-order valence-electron chi connectivity index (χ0n) is 15.3. The molecule has 7 nitrogen and oxygen atoms in total. The topological polar surface area (TPSA) is 80.9 Å². The lowest BCUT2D eigenvalue weighted by molar-refractivity contribution is -0.139. The highest BCUT2D eigenvalue weighted by Crippen LogP contribution is 2.31. The van der Waals surface area contributed by atoms with Gasteiger partial charge in [0.25, 0.3) is 5.56 Å². The minimum Gasteiger partial charge on any atom is -0.493 e. The number of nitrogens with zero attached hydrogens (tertiary/aromatic N) is 1. The van der Waals surface area contributed by atoms with Gasteiger partial charge in [-0.2, -0.15) is 0 Å². The second-order valence-corrected chi connectivity index (χ2v) is 6.43. The second-order valence-electron chi connectivity index (χ2n) is 6.43. The number of amides is 1. The zero-order chi connectivity index (χ0) is 18.7. The first-order chi connectivity index (χ1) is 12.5. The van der Waals surface area contributed by atoms with Crippen LogP contribution >= 0.6 is 0 Å². The van der Waals surface area contributed by atoms with Gasteiger partial charge in [0.2, 0.25) is 5.91 Å². The van der Waals surface area contributed by atoms with Crippen LogP contribution in [0.4, 0.5) is 0 Å². The second kappa shape index (κ2) is 7.78. The van der Waals surface area contributed by atoms with E-state index in [1.165, 1.54) is 0 Å². The number of carbonyl (C=O) groups is 1. The number of fused-ring (bicyclic) bond motifs is 1. The molecule has 2 aromatic rings. The molecule has 0 spiro atoms. The molecule has 26 heavy (non-hydrogen) atoms. The number of methoxy groups -OCH3 is 2. The lowest BCUT2D eigenvalue weighted by atomic mass is 10.1. The average molecular weight is 360 g/mol. The van der Waals surface area contributed by atoms with E-state index in [1.54, 1.807) is 20.3 Å². The van der Waals surface area contributed by atoms with Gasteiger partial charge in [-0.1, -0.05) is 0 Å². The van der Waals surface area contributed by atoms with Crippen LogP contribution in [0.5, 0.6) is 11.5 Å². The molecule has 1 aliphatic rings. The molecule has 140 valence electrons. The Balaban J connectivity index is 1.80. The number of hydrogen-bond acceptors (Lipinski definition) is 5. The van der Waals surface area contributed by atoms with Gasteiger partial charge in [-0.05, 0) is 25.5 Å². The molecule has 2 heterocycles. The molecule has 0 bridgehead atoms. The van der Waals surface area contributed by atoms with Crippen LogP contribution in [0.25, 0.3) is 10.9 Å². The van der Waals surface area contributed by atoms with Gasteiger partial charge in [0.15, 0.2) is 11.5 Å². The summed E-state index contributed by atoms with van der Waals surface area (Å²) in [5, 5.41) is 0.837. The number of rotatable bonds is 5. The van der Waals surface area contributed by atoms with Crippen molar-refractivity contribution in [1.82, 2.24) is 9.88 Å². The van der Waals surface area contributed by atoms with E-state index in [-0.39, 0.29) is 17.5 Å². The van der Waals surface area contributed by atoms with E-state index in [9.17, 15) is 9.59 Å². The average Bonchev–Trinajstić information content (AvgIpc) is 2.65. The molecular formula is C19H24N2O5. The van der Waals surface area contributed by atoms with E-state index >= 15 is 0 Å². The molecule has 1 saturated heterocycles. The summed E-state index contributed by atoms with van der Waals surface area (Å²) >= 11 is 0. The molecule has 0 saturated carbocycles. The standard InChI is InChI=1S/C19H24N2O5/c1-12-11-26-7-6-21(12)18(22)5-4-13-8-14-9-16(24-2)17(25-3)10-15(14)20-19(13)23/h8-10,12H,4-7,11H2,1-3H3,(H,20,23). The van der Waals surface area contributed by atoms with Crippen molar-refractivity contribution in [2.24, 2.45) is 0 Å². The Morgan fingerprint density at radius 2 is 2.00 bits per heavy atom. The number of carbonyl (C=O) groups excluding carboxylic acids is 1. The van der Waals surface area contributed by atoms with Gasteiger partial charge in [0.05, 0.1) is 39.0 Å². The van der Waals surface area contributed by atoms with E-state index in [2.05, 4.69) is 4.98 Å². The molecule has 1 fully saturated rings. The number of ether oxygens (including phenoxy) is 3. The van der Waals surface area contributed by atoms with Crippen molar-refractivity contribution >= 4 is 16.8 Å². The number of morpholine rings is 1. The van der Waals surface area contributed by atoms with Crippen molar-refractivity contribution < 1.29 is 19.0 Å². The van der Waals surface area contributed by atoms with Crippen LogP contribution < -0.4 is 15.0 Å². The quantitative estimate of drug-likeness (QED) is 0.878. The Morgan fingerprint density at radius 1 is 1.27 bits per heavy atom. The molecule has 3 rings (SSSR count). The van der Waals surface area contributed by atoms with E-state index in [1.807, 2.05) is 24.0 Å². The molecule has 1 atom stereocenters. The minimum absolute atomic E-state index is 0.0487. The molecule has 0 aliphatic carbocycles. The molecule has 1 amide bonds. The molecule has 1 unspecified atom stereocenters. The van der Waals surface area contributed by atoms with Crippen LogP contribution in [0.1, 0.15) is 18.9 Å². The third-order valence-corrected chi connectivity index (χ3v) is 4.72. The van der Waals surface area contributed by atoms with Crippen LogP contribution in [-0.4, -0.2) is 55.8 Å². The lowest BCUT2D eigenvalue weighted by Gasteiger charge is -2.33. The minimum atomic E-state index is -0.187. The Kier molecular flexibility index (Phi) is 5.46. The van der Waals surface area contributed by atoms with Crippen LogP contribution in [0.15, 0.2) is 23.0 Å². The zero-order valence-corrected chi connectivity index (χ0v) is 15.3. The number of pyridine rings is 1. The summed E-state index contributed by atoms with van der Waals surface area (Å²) in [5.74, 6) is 1.20. The van der Waals surface area contributed by atoms with Gasteiger partial charge in [0.1, 0.15) is 0 Å². The van der Waals surface area contributed by atoms with Crippen LogP contribution in [0, 0.1) is 0 Å². The van der Waals surface area contributed by atoms with Gasteiger partial charge in [-0.25, -0.2) is 0 Å². The fourth-order valence-electron chi connectivity index (χ4n) is 3.25. The van der Waals surface area contributed by atoms with Gasteiger partial charge >= 0.3 is 0 Å². The van der Waals surface area contributed by atoms with Crippen LogP contribution in [0.3, 0.4) is 0 Å². The van der Waals surface area contributed by atoms with Crippen molar-refractivity contribution in [3.63, 3.8) is 0 Å². The Labute approximate surface area is 151 Å². The van der Waals surface area contributed by atoms with Crippen molar-refractivity contribution in [2.75, 3.05) is 34.0 Å². The first kappa shape index (κ1) is 18.3. The van der Waals surface area contributed by atoms with E-state index in [0.717, 1.165) is 5.39 Å². The number of hydrogen-bond donors (Lipinski definition) is 1. The molecule has 0 radical (unpaired) electrons. The maximum absolute atomic E-state index is 12.5. The third-order valence-electron chi connectivity index (χ3n) is 4.72. The molecule has 1 N–H and O–H groups in total. The smallest absolute Gasteiger partial charge is 0.251 e. The molecule has 7 heteroatoms. The van der Waals surface area contributed by atoms with E-state index in [4.69, 9.17) is 14.2 Å². The summed E-state index contributed by atoms with van der Waals surface area (Å²) in [6.07, 6.45) is 0.689. The first-order valence-electron chi connectivity index (χ1n) is 8.68. The summed E-state index contributed by atoms with van der Waals surface area (Å²) < 4.78 is 15.9. The summed E-state index contributed by atoms with van der Waals surface area (Å²) in [6.45, 7) is 3.70. The number of aromatic amines is 1. The van der Waals surface area contributed by atoms with Crippen LogP contribution in [-0.2, 0) is 16.0 Å². The Bertz CT molecular complexity index is 861. The predicted octanol–water partition coefficient (Wildman–Crippen LogP) is 1.73. The lowest BCUT2D eigenvalue weighted by Crippen LogP contribution is -2.47. The molecule has 1 aromatic heterocycles. The number of H-pyrrole nitrogens is 1. The maximum atomic E-state index is 12.5. The van der Waals surface area contributed by atoms with Gasteiger partial charge in [0, 0.05) is 30.0 Å². The summed E-state index contributed by atoms with van der Waals surface area (Å²) in [7, 11) is 3.12.